The number of fused-ring (bicyclic) bond motifs is 1. The van der Waals surface area contributed by atoms with E-state index >= 15 is 0 Å². The number of nitrogens with zero attached hydrogens (tertiary/aromatic N) is 1. The molecular formula is C16H22N2O4S. The van der Waals surface area contributed by atoms with Crippen LogP contribution in [0.3, 0.4) is 0 Å². The Morgan fingerprint density at radius 1 is 1.35 bits per heavy atom. The van der Waals surface area contributed by atoms with Crippen LogP contribution >= 0.6 is 0 Å². The van der Waals surface area contributed by atoms with Gasteiger partial charge in [-0.1, -0.05) is 30.3 Å². The Morgan fingerprint density at radius 2 is 2.09 bits per heavy atom. The number of hydrogen-bond donors (Lipinski definition) is 1. The first-order valence-corrected chi connectivity index (χ1v) is 9.49. The summed E-state index contributed by atoms with van der Waals surface area (Å²) in [5.41, 5.74) is 0.755. The molecule has 6 nitrogen and oxygen atoms in total. The number of ether oxygens (including phenoxy) is 1. The highest BCUT2D eigenvalue weighted by Crippen LogP contribution is 2.34. The third-order valence-corrected chi connectivity index (χ3v) is 6.46. The van der Waals surface area contributed by atoms with E-state index in [0.29, 0.717) is 19.4 Å². The highest BCUT2D eigenvalue weighted by atomic mass is 32.2. The van der Waals surface area contributed by atoms with Crippen LogP contribution in [0.5, 0.6) is 0 Å². The molecule has 0 aliphatic carbocycles. The predicted octanol–water partition coefficient (Wildman–Crippen LogP) is 0.742. The maximum Gasteiger partial charge on any atom is 0.224 e. The van der Waals surface area contributed by atoms with Crippen LogP contribution in [0.4, 0.5) is 0 Å². The van der Waals surface area contributed by atoms with Crippen LogP contribution in [0.15, 0.2) is 30.3 Å². The second-order valence-corrected chi connectivity index (χ2v) is 8.05. The first-order chi connectivity index (χ1) is 11.0. The molecule has 23 heavy (non-hydrogen) atoms. The normalized spacial score (nSPS) is 28.3. The lowest BCUT2D eigenvalue weighted by Gasteiger charge is -2.39. The van der Waals surface area contributed by atoms with E-state index in [-0.39, 0.29) is 36.3 Å². The predicted molar refractivity (Wildman–Crippen MR) is 86.1 cm³/mol. The number of rotatable bonds is 4. The van der Waals surface area contributed by atoms with Gasteiger partial charge >= 0.3 is 0 Å². The summed E-state index contributed by atoms with van der Waals surface area (Å²) in [6.45, 7) is 0.784. The summed E-state index contributed by atoms with van der Waals surface area (Å²) in [6.07, 6.45) is 1.09. The zero-order valence-corrected chi connectivity index (χ0v) is 14.0. The maximum atomic E-state index is 12.9. The highest BCUT2D eigenvalue weighted by molar-refractivity contribution is 7.88. The standard InChI is InChI=1S/C16H22N2O4S/c1-17-16(19)13-9-15-14(7-8-22-15)18(10-13)23(20,21)11-12-5-3-2-4-6-12/h2-6,13-15H,7-11H2,1H3,(H,17,19)/t13-,14+,15+/m1/s1. The van der Waals surface area contributed by atoms with E-state index in [4.69, 9.17) is 4.74 Å². The number of carbonyl (C=O) groups excluding carboxylic acids is 1. The third-order valence-electron chi connectivity index (χ3n) is 4.63. The van der Waals surface area contributed by atoms with Crippen LogP contribution in [-0.2, 0) is 25.3 Å². The van der Waals surface area contributed by atoms with Gasteiger partial charge in [0.1, 0.15) is 0 Å². The minimum absolute atomic E-state index is 0.0441. The number of hydrogen-bond acceptors (Lipinski definition) is 4. The van der Waals surface area contributed by atoms with Crippen molar-refractivity contribution in [3.05, 3.63) is 35.9 Å². The topological polar surface area (TPSA) is 75.7 Å². The quantitative estimate of drug-likeness (QED) is 0.879. The monoisotopic (exact) mass is 338 g/mol. The fraction of sp³-hybridized carbons (Fsp3) is 0.562. The Morgan fingerprint density at radius 3 is 2.78 bits per heavy atom. The zero-order chi connectivity index (χ0) is 16.4. The summed E-state index contributed by atoms with van der Waals surface area (Å²) in [7, 11) is -1.92. The van der Waals surface area contributed by atoms with E-state index in [1.54, 1.807) is 19.2 Å². The van der Waals surface area contributed by atoms with Crippen molar-refractivity contribution in [1.29, 1.82) is 0 Å². The molecule has 2 aliphatic heterocycles. The Balaban J connectivity index is 1.84. The molecule has 1 amide bonds. The first kappa shape index (κ1) is 16.4. The molecule has 0 bridgehead atoms. The van der Waals surface area contributed by atoms with Crippen molar-refractivity contribution in [2.75, 3.05) is 20.2 Å². The van der Waals surface area contributed by atoms with Crippen LogP contribution in [0, 0.1) is 5.92 Å². The van der Waals surface area contributed by atoms with Gasteiger partial charge in [0.25, 0.3) is 0 Å². The Labute approximate surface area is 136 Å². The molecule has 1 aromatic carbocycles. The lowest BCUT2D eigenvalue weighted by Crippen LogP contribution is -2.54. The number of benzene rings is 1. The van der Waals surface area contributed by atoms with Crippen molar-refractivity contribution in [3.8, 4) is 0 Å². The van der Waals surface area contributed by atoms with Gasteiger partial charge in [0.15, 0.2) is 0 Å². The van der Waals surface area contributed by atoms with Gasteiger partial charge in [0.2, 0.25) is 15.9 Å². The number of piperidine rings is 1. The Kier molecular flexibility index (Phi) is 4.70. The van der Waals surface area contributed by atoms with Gasteiger partial charge < -0.3 is 10.1 Å². The van der Waals surface area contributed by atoms with Crippen molar-refractivity contribution in [3.63, 3.8) is 0 Å². The lowest BCUT2D eigenvalue weighted by atomic mass is 9.91. The zero-order valence-electron chi connectivity index (χ0n) is 13.1. The van der Waals surface area contributed by atoms with E-state index < -0.39 is 10.0 Å². The number of sulfonamides is 1. The molecule has 3 rings (SSSR count). The smallest absolute Gasteiger partial charge is 0.224 e. The molecule has 2 heterocycles. The summed E-state index contributed by atoms with van der Waals surface area (Å²) < 4.78 is 33.0. The van der Waals surface area contributed by atoms with Gasteiger partial charge in [-0.15, -0.1) is 0 Å². The van der Waals surface area contributed by atoms with Gasteiger partial charge in [0, 0.05) is 20.2 Å². The van der Waals surface area contributed by atoms with E-state index in [1.165, 1.54) is 4.31 Å². The fourth-order valence-corrected chi connectivity index (χ4v) is 5.32. The van der Waals surface area contributed by atoms with Crippen molar-refractivity contribution < 1.29 is 17.9 Å². The SMILES string of the molecule is CNC(=O)[C@@H]1C[C@@H]2OCC[C@@H]2N(S(=O)(=O)Cc2ccccc2)C1. The van der Waals surface area contributed by atoms with E-state index in [2.05, 4.69) is 5.32 Å². The van der Waals surface area contributed by atoms with Crippen LogP contribution in [-0.4, -0.2) is 51.0 Å². The average Bonchev–Trinajstić information content (AvgIpc) is 3.02. The largest absolute Gasteiger partial charge is 0.376 e. The van der Waals surface area contributed by atoms with Crippen molar-refractivity contribution in [1.82, 2.24) is 9.62 Å². The maximum absolute atomic E-state index is 12.9. The van der Waals surface area contributed by atoms with Crippen molar-refractivity contribution >= 4 is 15.9 Å². The molecule has 0 saturated carbocycles. The highest BCUT2D eigenvalue weighted by Gasteiger charge is 2.46. The minimum Gasteiger partial charge on any atom is -0.376 e. The summed E-state index contributed by atoms with van der Waals surface area (Å²) in [6, 6.07) is 8.98. The van der Waals surface area contributed by atoms with Gasteiger partial charge in [-0.2, -0.15) is 4.31 Å². The summed E-state index contributed by atoms with van der Waals surface area (Å²) >= 11 is 0. The molecule has 0 radical (unpaired) electrons. The van der Waals surface area contributed by atoms with Crippen LogP contribution in [0.25, 0.3) is 0 Å². The van der Waals surface area contributed by atoms with Gasteiger partial charge in [-0.25, -0.2) is 8.42 Å². The summed E-state index contributed by atoms with van der Waals surface area (Å²) in [5, 5.41) is 2.62. The third kappa shape index (κ3) is 3.41. The molecule has 0 spiro atoms. The summed E-state index contributed by atoms with van der Waals surface area (Å²) in [5.74, 6) is -0.527. The second kappa shape index (κ2) is 6.59. The number of amides is 1. The fourth-order valence-electron chi connectivity index (χ4n) is 3.48. The average molecular weight is 338 g/mol. The summed E-state index contributed by atoms with van der Waals surface area (Å²) in [4.78, 5) is 12.0. The van der Waals surface area contributed by atoms with Crippen LogP contribution in [0.1, 0.15) is 18.4 Å². The van der Waals surface area contributed by atoms with Crippen molar-refractivity contribution in [2.45, 2.75) is 30.7 Å². The molecule has 1 N–H and O–H groups in total. The molecule has 2 aliphatic rings. The molecule has 2 fully saturated rings. The lowest BCUT2D eigenvalue weighted by molar-refractivity contribution is -0.127. The van der Waals surface area contributed by atoms with E-state index in [0.717, 1.165) is 5.56 Å². The van der Waals surface area contributed by atoms with Gasteiger partial charge in [-0.05, 0) is 18.4 Å². The molecule has 0 unspecified atom stereocenters. The van der Waals surface area contributed by atoms with Gasteiger partial charge in [0.05, 0.1) is 23.8 Å². The van der Waals surface area contributed by atoms with Crippen LogP contribution < -0.4 is 5.32 Å². The molecule has 126 valence electrons. The van der Waals surface area contributed by atoms with E-state index in [1.807, 2.05) is 18.2 Å². The minimum atomic E-state index is -3.49. The number of nitrogens with one attached hydrogen (secondary N) is 1. The second-order valence-electron chi connectivity index (χ2n) is 6.12. The van der Waals surface area contributed by atoms with Crippen LogP contribution in [0.2, 0.25) is 0 Å². The molecule has 0 aromatic heterocycles. The molecule has 2 saturated heterocycles. The Hall–Kier alpha value is -1.44. The Bertz CT molecular complexity index is 662. The number of carbonyl (C=O) groups is 1. The molecule has 3 atom stereocenters. The molecule has 7 heteroatoms. The first-order valence-electron chi connectivity index (χ1n) is 7.88. The van der Waals surface area contributed by atoms with E-state index in [9.17, 15) is 13.2 Å². The molecule has 1 aromatic rings. The van der Waals surface area contributed by atoms with Gasteiger partial charge in [-0.3, -0.25) is 4.79 Å². The molecular weight excluding hydrogens is 316 g/mol. The van der Waals surface area contributed by atoms with Crippen molar-refractivity contribution in [2.24, 2.45) is 5.92 Å².